The number of nitrogens with one attached hydrogen (secondary N) is 1. The van der Waals surface area contributed by atoms with Gasteiger partial charge >= 0.3 is 0 Å². The number of aromatic nitrogens is 2. The van der Waals surface area contributed by atoms with Gasteiger partial charge in [-0.05, 0) is 12.1 Å². The molecule has 5 heteroatoms. The third-order valence-electron chi connectivity index (χ3n) is 2.71. The summed E-state index contributed by atoms with van der Waals surface area (Å²) in [6.07, 6.45) is 5.55. The van der Waals surface area contributed by atoms with E-state index in [2.05, 4.69) is 10.3 Å². The molecule has 0 aliphatic carbocycles. The predicted molar refractivity (Wildman–Crippen MR) is 73.6 cm³/mol. The van der Waals surface area contributed by atoms with Crippen molar-refractivity contribution in [1.29, 1.82) is 0 Å². The molecule has 0 bridgehead atoms. The van der Waals surface area contributed by atoms with Crippen LogP contribution in [0.15, 0.2) is 43.0 Å². The Kier molecular flexibility index (Phi) is 5.25. The highest BCUT2D eigenvalue weighted by Gasteiger charge is 2.01. The lowest BCUT2D eigenvalue weighted by Crippen LogP contribution is -2.24. The first-order valence-electron chi connectivity index (χ1n) is 6.32. The topological polar surface area (TPSA) is 48.3 Å². The highest BCUT2D eigenvalue weighted by Crippen LogP contribution is 2.25. The lowest BCUT2D eigenvalue weighted by Gasteiger charge is -2.10. The summed E-state index contributed by atoms with van der Waals surface area (Å²) in [6.45, 7) is 3.22. The maximum Gasteiger partial charge on any atom is 0.161 e. The van der Waals surface area contributed by atoms with Gasteiger partial charge in [0.1, 0.15) is 6.61 Å². The molecule has 0 atom stereocenters. The highest BCUT2D eigenvalue weighted by atomic mass is 16.5. The highest BCUT2D eigenvalue weighted by molar-refractivity contribution is 5.39. The zero-order valence-corrected chi connectivity index (χ0v) is 11.1. The van der Waals surface area contributed by atoms with E-state index in [9.17, 15) is 0 Å². The zero-order valence-electron chi connectivity index (χ0n) is 11.1. The Morgan fingerprint density at radius 1 is 1.21 bits per heavy atom. The van der Waals surface area contributed by atoms with Gasteiger partial charge in [-0.1, -0.05) is 12.1 Å². The van der Waals surface area contributed by atoms with E-state index in [1.165, 1.54) is 0 Å². The number of hydrogen-bond acceptors (Lipinski definition) is 4. The van der Waals surface area contributed by atoms with E-state index in [4.69, 9.17) is 9.47 Å². The molecule has 0 saturated heterocycles. The Bertz CT molecular complexity index is 471. The molecule has 5 nitrogen and oxygen atoms in total. The van der Waals surface area contributed by atoms with Crippen LogP contribution in [0.4, 0.5) is 0 Å². The summed E-state index contributed by atoms with van der Waals surface area (Å²) in [5.74, 6) is 1.54. The minimum absolute atomic E-state index is 0.615. The van der Waals surface area contributed by atoms with Crippen molar-refractivity contribution in [2.45, 2.75) is 6.54 Å². The van der Waals surface area contributed by atoms with Crippen LogP contribution in [0.1, 0.15) is 0 Å². The second-order valence-corrected chi connectivity index (χ2v) is 4.05. The van der Waals surface area contributed by atoms with Crippen molar-refractivity contribution in [3.8, 4) is 11.5 Å². The molecule has 0 fully saturated rings. The lowest BCUT2D eigenvalue weighted by molar-refractivity contribution is 0.292. The molecule has 2 aromatic rings. The third-order valence-corrected chi connectivity index (χ3v) is 2.71. The molecule has 1 aromatic carbocycles. The van der Waals surface area contributed by atoms with E-state index >= 15 is 0 Å². The molecule has 0 aliphatic rings. The van der Waals surface area contributed by atoms with Crippen LogP contribution in [-0.2, 0) is 6.54 Å². The molecule has 0 amide bonds. The molecule has 0 unspecified atom stereocenters. The molecule has 0 radical (unpaired) electrons. The van der Waals surface area contributed by atoms with Crippen LogP contribution in [0.2, 0.25) is 0 Å². The maximum atomic E-state index is 5.66. The molecule has 102 valence electrons. The normalized spacial score (nSPS) is 10.4. The molecular formula is C14H19N3O2. The van der Waals surface area contributed by atoms with E-state index in [-0.39, 0.29) is 0 Å². The molecular weight excluding hydrogens is 242 g/mol. The van der Waals surface area contributed by atoms with E-state index in [1.54, 1.807) is 13.3 Å². The van der Waals surface area contributed by atoms with E-state index in [0.29, 0.717) is 6.61 Å². The minimum atomic E-state index is 0.615. The van der Waals surface area contributed by atoms with Crippen molar-refractivity contribution in [2.24, 2.45) is 0 Å². The van der Waals surface area contributed by atoms with Gasteiger partial charge < -0.3 is 19.4 Å². The summed E-state index contributed by atoms with van der Waals surface area (Å²) < 4.78 is 12.9. The summed E-state index contributed by atoms with van der Waals surface area (Å²) in [5.41, 5.74) is 0. The third kappa shape index (κ3) is 4.30. The maximum absolute atomic E-state index is 5.66. The number of nitrogens with zero attached hydrogens (tertiary/aromatic N) is 2. The molecule has 1 heterocycles. The van der Waals surface area contributed by atoms with Gasteiger partial charge in [-0.2, -0.15) is 0 Å². The van der Waals surface area contributed by atoms with E-state index in [0.717, 1.165) is 31.1 Å². The predicted octanol–water partition coefficient (Wildman–Crippen LogP) is 1.56. The Hall–Kier alpha value is -2.01. The second-order valence-electron chi connectivity index (χ2n) is 4.05. The monoisotopic (exact) mass is 261 g/mol. The summed E-state index contributed by atoms with van der Waals surface area (Å²) >= 11 is 0. The van der Waals surface area contributed by atoms with Gasteiger partial charge in [-0.25, -0.2) is 4.98 Å². The van der Waals surface area contributed by atoms with Crippen molar-refractivity contribution in [3.05, 3.63) is 43.0 Å². The smallest absolute Gasteiger partial charge is 0.161 e. The quantitative estimate of drug-likeness (QED) is 0.733. The summed E-state index contributed by atoms with van der Waals surface area (Å²) in [7, 11) is 1.64. The van der Waals surface area contributed by atoms with Crippen molar-refractivity contribution in [2.75, 3.05) is 26.8 Å². The van der Waals surface area contributed by atoms with E-state index in [1.807, 2.05) is 41.4 Å². The van der Waals surface area contributed by atoms with Gasteiger partial charge in [0.05, 0.1) is 13.4 Å². The molecule has 1 N–H and O–H groups in total. The average molecular weight is 261 g/mol. The van der Waals surface area contributed by atoms with Crippen LogP contribution < -0.4 is 14.8 Å². The van der Waals surface area contributed by atoms with Crippen molar-refractivity contribution in [3.63, 3.8) is 0 Å². The standard InChI is InChI=1S/C14H19N3O2/c1-18-13-4-2-3-5-14(13)19-11-8-15-6-9-17-10-7-16-12-17/h2-5,7,10,12,15H,6,8-9,11H2,1H3. The number of ether oxygens (including phenoxy) is 2. The van der Waals surface area contributed by atoms with Crippen LogP contribution in [0, 0.1) is 0 Å². The van der Waals surface area contributed by atoms with Crippen molar-refractivity contribution in [1.82, 2.24) is 14.9 Å². The number of methoxy groups -OCH3 is 1. The molecule has 2 rings (SSSR count). The van der Waals surface area contributed by atoms with Crippen molar-refractivity contribution >= 4 is 0 Å². The van der Waals surface area contributed by atoms with Crippen LogP contribution >= 0.6 is 0 Å². The number of benzene rings is 1. The average Bonchev–Trinajstić information content (AvgIpc) is 2.96. The van der Waals surface area contributed by atoms with Crippen LogP contribution in [0.5, 0.6) is 11.5 Å². The zero-order chi connectivity index (χ0) is 13.3. The fraction of sp³-hybridized carbons (Fsp3) is 0.357. The first-order valence-corrected chi connectivity index (χ1v) is 6.32. The fourth-order valence-electron chi connectivity index (χ4n) is 1.72. The Labute approximate surface area is 113 Å². The summed E-state index contributed by atoms with van der Waals surface area (Å²) in [6, 6.07) is 7.66. The van der Waals surface area contributed by atoms with Crippen molar-refractivity contribution < 1.29 is 9.47 Å². The Morgan fingerprint density at radius 2 is 2.05 bits per heavy atom. The van der Waals surface area contributed by atoms with Gasteiger partial charge in [0.15, 0.2) is 11.5 Å². The largest absolute Gasteiger partial charge is 0.493 e. The lowest BCUT2D eigenvalue weighted by atomic mass is 10.3. The number of imidazole rings is 1. The molecule has 1 aromatic heterocycles. The summed E-state index contributed by atoms with van der Waals surface area (Å²) in [4.78, 5) is 3.99. The molecule has 0 spiro atoms. The number of hydrogen-bond donors (Lipinski definition) is 1. The van der Waals surface area contributed by atoms with Crippen LogP contribution in [0.3, 0.4) is 0 Å². The Morgan fingerprint density at radius 3 is 2.79 bits per heavy atom. The molecule has 19 heavy (non-hydrogen) atoms. The first kappa shape index (κ1) is 13.4. The SMILES string of the molecule is COc1ccccc1OCCNCCn1ccnc1. The minimum Gasteiger partial charge on any atom is -0.493 e. The molecule has 0 aliphatic heterocycles. The van der Waals surface area contributed by atoms with Crippen LogP contribution in [-0.4, -0.2) is 36.4 Å². The van der Waals surface area contributed by atoms with E-state index < -0.39 is 0 Å². The Balaban J connectivity index is 1.61. The van der Waals surface area contributed by atoms with Crippen LogP contribution in [0.25, 0.3) is 0 Å². The number of rotatable bonds is 8. The van der Waals surface area contributed by atoms with Gasteiger partial charge in [0.2, 0.25) is 0 Å². The second kappa shape index (κ2) is 7.43. The summed E-state index contributed by atoms with van der Waals surface area (Å²) in [5, 5.41) is 3.32. The van der Waals surface area contributed by atoms with Gasteiger partial charge in [0, 0.05) is 32.0 Å². The van der Waals surface area contributed by atoms with Gasteiger partial charge in [-0.15, -0.1) is 0 Å². The number of para-hydroxylation sites is 2. The van der Waals surface area contributed by atoms with Gasteiger partial charge in [-0.3, -0.25) is 0 Å². The fourth-order valence-corrected chi connectivity index (χ4v) is 1.72. The van der Waals surface area contributed by atoms with Gasteiger partial charge in [0.25, 0.3) is 0 Å². The first-order chi connectivity index (χ1) is 9.40. The molecule has 0 saturated carbocycles.